The van der Waals surface area contributed by atoms with Crippen molar-refractivity contribution in [2.24, 2.45) is 0 Å². The van der Waals surface area contributed by atoms with Crippen LogP contribution < -0.4 is 10.1 Å². The number of sulfonamides is 1. The lowest BCUT2D eigenvalue weighted by Crippen LogP contribution is -2.23. The van der Waals surface area contributed by atoms with Crippen LogP contribution in [0.1, 0.15) is 10.4 Å². The van der Waals surface area contributed by atoms with Gasteiger partial charge in [-0.2, -0.15) is 0 Å². The second-order valence-electron chi connectivity index (χ2n) is 4.97. The Balaban J connectivity index is 2.37. The van der Waals surface area contributed by atoms with Crippen molar-refractivity contribution in [3.63, 3.8) is 0 Å². The number of anilines is 1. The summed E-state index contributed by atoms with van der Waals surface area (Å²) in [5.74, 6) is -0.0969. The summed E-state index contributed by atoms with van der Waals surface area (Å²) in [6.45, 7) is 0. The fourth-order valence-corrected chi connectivity index (χ4v) is 3.02. The van der Waals surface area contributed by atoms with Crippen molar-refractivity contribution in [3.05, 3.63) is 54.1 Å². The SMILES string of the molecule is COc1ccc(NC(=O)c2ccccc2)cc1S(=O)(=O)N(C)C. The summed E-state index contributed by atoms with van der Waals surface area (Å²) in [5.41, 5.74) is 0.861. The quantitative estimate of drug-likeness (QED) is 0.909. The Kier molecular flexibility index (Phi) is 5.02. The lowest BCUT2D eigenvalue weighted by molar-refractivity contribution is 0.102. The van der Waals surface area contributed by atoms with Crippen LogP contribution in [0.15, 0.2) is 53.4 Å². The number of rotatable bonds is 5. The molecule has 2 aromatic rings. The molecule has 6 nitrogen and oxygen atoms in total. The van der Waals surface area contributed by atoms with Crippen LogP contribution >= 0.6 is 0 Å². The molecule has 0 aliphatic heterocycles. The number of hydrogen-bond donors (Lipinski definition) is 1. The van der Waals surface area contributed by atoms with Crippen molar-refractivity contribution >= 4 is 21.6 Å². The Bertz CT molecular complexity index is 802. The lowest BCUT2D eigenvalue weighted by Gasteiger charge is -2.16. The molecule has 1 N–H and O–H groups in total. The van der Waals surface area contributed by atoms with Crippen molar-refractivity contribution in [1.82, 2.24) is 4.31 Å². The minimum absolute atomic E-state index is 0.00383. The number of carbonyl (C=O) groups is 1. The minimum atomic E-state index is -3.69. The highest BCUT2D eigenvalue weighted by Crippen LogP contribution is 2.29. The molecule has 0 atom stereocenters. The third kappa shape index (κ3) is 3.69. The first-order valence-corrected chi connectivity index (χ1v) is 8.27. The predicted octanol–water partition coefficient (Wildman–Crippen LogP) is 2.20. The second kappa shape index (κ2) is 6.80. The summed E-state index contributed by atoms with van der Waals surface area (Å²) in [5, 5.41) is 2.68. The maximum Gasteiger partial charge on any atom is 0.255 e. The highest BCUT2D eigenvalue weighted by atomic mass is 32.2. The zero-order chi connectivity index (χ0) is 17.0. The van der Waals surface area contributed by atoms with E-state index in [1.54, 1.807) is 30.3 Å². The molecule has 2 aromatic carbocycles. The Labute approximate surface area is 135 Å². The maximum absolute atomic E-state index is 12.4. The van der Waals surface area contributed by atoms with Crippen LogP contribution in [0, 0.1) is 0 Å². The van der Waals surface area contributed by atoms with E-state index in [4.69, 9.17) is 4.74 Å². The Morgan fingerprint density at radius 1 is 1.09 bits per heavy atom. The van der Waals surface area contributed by atoms with E-state index in [9.17, 15) is 13.2 Å². The first-order chi connectivity index (χ1) is 10.9. The van der Waals surface area contributed by atoms with Gasteiger partial charge in [0, 0.05) is 25.3 Å². The monoisotopic (exact) mass is 334 g/mol. The fourth-order valence-electron chi connectivity index (χ4n) is 1.95. The topological polar surface area (TPSA) is 75.7 Å². The number of ether oxygens (including phenoxy) is 1. The zero-order valence-corrected chi connectivity index (χ0v) is 13.9. The number of amides is 1. The number of carbonyl (C=O) groups excluding carboxylic acids is 1. The maximum atomic E-state index is 12.4. The van der Waals surface area contributed by atoms with Crippen molar-refractivity contribution in [2.45, 2.75) is 4.90 Å². The van der Waals surface area contributed by atoms with Crippen molar-refractivity contribution in [2.75, 3.05) is 26.5 Å². The largest absolute Gasteiger partial charge is 0.495 e. The van der Waals surface area contributed by atoms with Gasteiger partial charge in [0.1, 0.15) is 10.6 Å². The van der Waals surface area contributed by atoms with E-state index >= 15 is 0 Å². The molecule has 0 bridgehead atoms. The van der Waals surface area contributed by atoms with Crippen LogP contribution in [0.3, 0.4) is 0 Å². The predicted molar refractivity (Wildman–Crippen MR) is 88.3 cm³/mol. The van der Waals surface area contributed by atoms with Crippen LogP contribution in [-0.2, 0) is 10.0 Å². The van der Waals surface area contributed by atoms with Crippen LogP contribution in [0.5, 0.6) is 5.75 Å². The molecule has 0 fully saturated rings. The van der Waals surface area contributed by atoms with Gasteiger partial charge in [0.25, 0.3) is 5.91 Å². The van der Waals surface area contributed by atoms with Gasteiger partial charge in [-0.15, -0.1) is 0 Å². The van der Waals surface area contributed by atoms with Crippen LogP contribution in [0.2, 0.25) is 0 Å². The molecule has 7 heteroatoms. The highest BCUT2D eigenvalue weighted by Gasteiger charge is 2.23. The standard InChI is InChI=1S/C16H18N2O4S/c1-18(2)23(20,21)15-11-13(9-10-14(15)22-3)17-16(19)12-7-5-4-6-8-12/h4-11H,1-3H3,(H,17,19). The average Bonchev–Trinajstić information content (AvgIpc) is 2.55. The zero-order valence-electron chi connectivity index (χ0n) is 13.1. The Hall–Kier alpha value is -2.38. The summed E-state index contributed by atoms with van der Waals surface area (Å²) in [4.78, 5) is 12.2. The van der Waals surface area contributed by atoms with Crippen LogP contribution in [0.4, 0.5) is 5.69 Å². The number of benzene rings is 2. The van der Waals surface area contributed by atoms with E-state index in [1.165, 1.54) is 33.3 Å². The molecular weight excluding hydrogens is 316 g/mol. The van der Waals surface area contributed by atoms with E-state index < -0.39 is 10.0 Å². The lowest BCUT2D eigenvalue weighted by atomic mass is 10.2. The molecule has 0 aromatic heterocycles. The van der Waals surface area contributed by atoms with Gasteiger partial charge >= 0.3 is 0 Å². The molecular formula is C16H18N2O4S. The first kappa shape index (κ1) is 17.0. The van der Waals surface area contributed by atoms with E-state index in [2.05, 4.69) is 5.32 Å². The van der Waals surface area contributed by atoms with E-state index in [0.29, 0.717) is 11.3 Å². The molecule has 0 saturated carbocycles. The summed E-state index contributed by atoms with van der Waals surface area (Å²) >= 11 is 0. The highest BCUT2D eigenvalue weighted by molar-refractivity contribution is 7.89. The molecule has 0 saturated heterocycles. The summed E-state index contributed by atoms with van der Waals surface area (Å²) in [6, 6.07) is 13.2. The van der Waals surface area contributed by atoms with Gasteiger partial charge in [-0.05, 0) is 30.3 Å². The van der Waals surface area contributed by atoms with Crippen molar-refractivity contribution in [1.29, 1.82) is 0 Å². The Morgan fingerprint density at radius 3 is 2.30 bits per heavy atom. The Morgan fingerprint density at radius 2 is 1.74 bits per heavy atom. The second-order valence-corrected chi connectivity index (χ2v) is 7.09. The van der Waals surface area contributed by atoms with Crippen LogP contribution in [-0.4, -0.2) is 39.8 Å². The number of hydrogen-bond acceptors (Lipinski definition) is 4. The van der Waals surface area contributed by atoms with Gasteiger partial charge in [0.2, 0.25) is 10.0 Å². The molecule has 23 heavy (non-hydrogen) atoms. The van der Waals surface area contributed by atoms with Gasteiger partial charge in [-0.3, -0.25) is 4.79 Å². The molecule has 0 aliphatic carbocycles. The molecule has 122 valence electrons. The van der Waals surface area contributed by atoms with E-state index in [-0.39, 0.29) is 16.6 Å². The molecule has 0 heterocycles. The minimum Gasteiger partial charge on any atom is -0.495 e. The first-order valence-electron chi connectivity index (χ1n) is 6.83. The van der Waals surface area contributed by atoms with Crippen LogP contribution in [0.25, 0.3) is 0 Å². The van der Waals surface area contributed by atoms with E-state index in [0.717, 1.165) is 4.31 Å². The fraction of sp³-hybridized carbons (Fsp3) is 0.188. The molecule has 1 amide bonds. The van der Waals surface area contributed by atoms with Gasteiger partial charge in [-0.1, -0.05) is 18.2 Å². The normalized spacial score (nSPS) is 11.3. The van der Waals surface area contributed by atoms with E-state index in [1.807, 2.05) is 6.07 Å². The summed E-state index contributed by atoms with van der Waals surface area (Å²) < 4.78 is 30.9. The molecule has 2 rings (SSSR count). The third-order valence-corrected chi connectivity index (χ3v) is 5.05. The van der Waals surface area contributed by atoms with Crippen molar-refractivity contribution < 1.29 is 17.9 Å². The van der Waals surface area contributed by atoms with Gasteiger partial charge < -0.3 is 10.1 Å². The number of nitrogens with zero attached hydrogens (tertiary/aromatic N) is 1. The average molecular weight is 334 g/mol. The van der Waals surface area contributed by atoms with Gasteiger partial charge in [0.05, 0.1) is 7.11 Å². The third-order valence-electron chi connectivity index (χ3n) is 3.22. The molecule has 0 unspecified atom stereocenters. The molecule has 0 radical (unpaired) electrons. The molecule has 0 aliphatic rings. The number of methoxy groups -OCH3 is 1. The summed E-state index contributed by atoms with van der Waals surface area (Å²) in [6.07, 6.45) is 0. The smallest absolute Gasteiger partial charge is 0.255 e. The number of nitrogens with one attached hydrogen (secondary N) is 1. The van der Waals surface area contributed by atoms with Crippen molar-refractivity contribution in [3.8, 4) is 5.75 Å². The summed E-state index contributed by atoms with van der Waals surface area (Å²) in [7, 11) is 0.579. The molecule has 0 spiro atoms. The van der Waals surface area contributed by atoms with Gasteiger partial charge in [-0.25, -0.2) is 12.7 Å². The van der Waals surface area contributed by atoms with Gasteiger partial charge in [0.15, 0.2) is 0 Å².